The Bertz CT molecular complexity index is 166. The van der Waals surface area contributed by atoms with Crippen molar-refractivity contribution in [2.24, 2.45) is 5.92 Å². The second-order valence-electron chi connectivity index (χ2n) is 3.09. The number of allylic oxidation sites excluding steroid dienone is 1. The molecule has 0 aliphatic heterocycles. The Morgan fingerprint density at radius 1 is 1.62 bits per heavy atom. The maximum atomic E-state index is 10.1. The van der Waals surface area contributed by atoms with Crippen molar-refractivity contribution in [1.29, 1.82) is 0 Å². The van der Waals surface area contributed by atoms with Crippen LogP contribution in [0.25, 0.3) is 0 Å². The van der Waals surface area contributed by atoms with Crippen LogP contribution in [-0.4, -0.2) is 31.1 Å². The van der Waals surface area contributed by atoms with Crippen LogP contribution in [0.3, 0.4) is 0 Å². The van der Waals surface area contributed by atoms with E-state index in [1.165, 1.54) is 11.4 Å². The van der Waals surface area contributed by atoms with E-state index in [0.29, 0.717) is 6.42 Å². The first-order valence-corrected chi connectivity index (χ1v) is 13.0. The van der Waals surface area contributed by atoms with Crippen LogP contribution in [-0.2, 0) is 4.79 Å². The average molecular weight is 307 g/mol. The molecule has 0 heterocycles. The third kappa shape index (κ3) is 14.9. The SMILES string of the molecule is C=CCC(C=S)C(=O)[O-].[CH3][Sn+]([CH3])[CH3]. The van der Waals surface area contributed by atoms with E-state index in [4.69, 9.17) is 0 Å². The van der Waals surface area contributed by atoms with Crippen LogP contribution in [0.1, 0.15) is 6.42 Å². The molecule has 0 aromatic rings. The number of rotatable bonds is 4. The Hall–Kier alpha value is 0.0987. The number of carboxylic acids is 1. The van der Waals surface area contributed by atoms with E-state index in [-0.39, 0.29) is 0 Å². The standard InChI is InChI=1S/C6H8O2S.3CH3.Sn/c1-2-3-5(4-9)6(7)8;;;;/h2,4-5H,1,3H2,(H,7,8);3*1H3;/q;;;;+1/p-1. The molecular weight excluding hydrogens is 291 g/mol. The summed E-state index contributed by atoms with van der Waals surface area (Å²) in [6, 6.07) is 0. The monoisotopic (exact) mass is 308 g/mol. The molecular formula is C9H16O2SSn. The fourth-order valence-corrected chi connectivity index (χ4v) is 0.609. The van der Waals surface area contributed by atoms with Crippen molar-refractivity contribution in [2.45, 2.75) is 21.2 Å². The third-order valence-electron chi connectivity index (χ3n) is 0.888. The molecule has 2 nitrogen and oxygen atoms in total. The molecule has 4 heteroatoms. The van der Waals surface area contributed by atoms with Gasteiger partial charge < -0.3 is 9.90 Å². The first-order valence-electron chi connectivity index (χ1n) is 3.99. The van der Waals surface area contributed by atoms with Gasteiger partial charge in [-0.1, -0.05) is 18.3 Å². The van der Waals surface area contributed by atoms with E-state index in [0.717, 1.165) is 0 Å². The van der Waals surface area contributed by atoms with Gasteiger partial charge in [-0.15, -0.1) is 6.58 Å². The van der Waals surface area contributed by atoms with E-state index in [1.54, 1.807) is 0 Å². The maximum absolute atomic E-state index is 10.1. The second-order valence-corrected chi connectivity index (χ2v) is 11.9. The van der Waals surface area contributed by atoms with Crippen molar-refractivity contribution >= 4 is 43.3 Å². The van der Waals surface area contributed by atoms with Crippen LogP contribution in [0.2, 0.25) is 14.8 Å². The van der Waals surface area contributed by atoms with Gasteiger partial charge in [0.1, 0.15) is 0 Å². The van der Waals surface area contributed by atoms with Crippen LogP contribution < -0.4 is 5.11 Å². The van der Waals surface area contributed by atoms with Gasteiger partial charge in [0.25, 0.3) is 0 Å². The number of thiocarbonyl (C=S) groups is 1. The molecule has 1 atom stereocenters. The zero-order chi connectivity index (χ0) is 10.9. The summed E-state index contributed by atoms with van der Waals surface area (Å²) in [7, 11) is 0. The number of hydrogen-bond donors (Lipinski definition) is 0. The predicted molar refractivity (Wildman–Crippen MR) is 60.3 cm³/mol. The summed E-state index contributed by atoms with van der Waals surface area (Å²) < 4.78 is 0. The third-order valence-corrected chi connectivity index (χ3v) is 1.22. The first kappa shape index (κ1) is 15.6. The first-order chi connectivity index (χ1) is 5.95. The predicted octanol–water partition coefficient (Wildman–Crippen LogP) is 1.30. The Morgan fingerprint density at radius 2 is 2.00 bits per heavy atom. The zero-order valence-corrected chi connectivity index (χ0v) is 12.0. The Balaban J connectivity index is 0. The average Bonchev–Trinajstić information content (AvgIpc) is 1.98. The molecule has 0 aromatic heterocycles. The summed E-state index contributed by atoms with van der Waals surface area (Å²) in [6.45, 7) is 3.37. The molecule has 0 aliphatic carbocycles. The van der Waals surface area contributed by atoms with Crippen molar-refractivity contribution in [3.63, 3.8) is 0 Å². The Kier molecular flexibility index (Phi) is 12.2. The molecule has 0 rings (SSSR count). The van der Waals surface area contributed by atoms with Gasteiger partial charge in [-0.2, -0.15) is 0 Å². The molecule has 1 unspecified atom stereocenters. The molecule has 0 amide bonds. The molecule has 13 heavy (non-hydrogen) atoms. The van der Waals surface area contributed by atoms with Gasteiger partial charge in [-0.25, -0.2) is 0 Å². The number of carbonyl (C=O) groups is 1. The molecule has 0 saturated carbocycles. The molecule has 0 N–H and O–H groups in total. The summed E-state index contributed by atoms with van der Waals surface area (Å²) in [4.78, 5) is 17.2. The van der Waals surface area contributed by atoms with Crippen molar-refractivity contribution in [1.82, 2.24) is 0 Å². The summed E-state index contributed by atoms with van der Waals surface area (Å²) in [5.74, 6) is -1.79. The molecule has 0 saturated heterocycles. The van der Waals surface area contributed by atoms with E-state index in [1.807, 2.05) is 0 Å². The van der Waals surface area contributed by atoms with Crippen molar-refractivity contribution < 1.29 is 9.90 Å². The molecule has 0 bridgehead atoms. The molecule has 0 aromatic carbocycles. The quantitative estimate of drug-likeness (QED) is 0.446. The van der Waals surface area contributed by atoms with Crippen LogP contribution in [0, 0.1) is 5.92 Å². The minimum absolute atomic E-state index is 0.353. The fraction of sp³-hybridized carbons (Fsp3) is 0.556. The number of carbonyl (C=O) groups excluding carboxylic acids is 1. The molecule has 0 radical (unpaired) electrons. The summed E-state index contributed by atoms with van der Waals surface area (Å²) in [5, 5.41) is 11.2. The van der Waals surface area contributed by atoms with Crippen molar-refractivity contribution in [3.05, 3.63) is 12.7 Å². The summed E-state index contributed by atoms with van der Waals surface area (Å²) in [5.41, 5.74) is 0. The van der Waals surface area contributed by atoms with E-state index >= 15 is 0 Å². The molecule has 0 fully saturated rings. The van der Waals surface area contributed by atoms with Crippen LogP contribution in [0.4, 0.5) is 0 Å². The van der Waals surface area contributed by atoms with Gasteiger partial charge >= 0.3 is 34.6 Å². The molecule has 74 valence electrons. The Labute approximate surface area is 92.8 Å². The number of carboxylic acid groups (broad SMARTS) is 1. The topological polar surface area (TPSA) is 40.1 Å². The van der Waals surface area contributed by atoms with Gasteiger partial charge in [0, 0.05) is 11.9 Å². The van der Waals surface area contributed by atoms with Crippen LogP contribution >= 0.6 is 12.2 Å². The van der Waals surface area contributed by atoms with Crippen LogP contribution in [0.15, 0.2) is 12.7 Å². The van der Waals surface area contributed by atoms with Crippen LogP contribution in [0.5, 0.6) is 0 Å². The van der Waals surface area contributed by atoms with Gasteiger partial charge in [0.05, 0.1) is 0 Å². The summed E-state index contributed by atoms with van der Waals surface area (Å²) in [6.07, 6.45) is 1.86. The van der Waals surface area contributed by atoms with E-state index in [2.05, 4.69) is 33.6 Å². The van der Waals surface area contributed by atoms with E-state index in [9.17, 15) is 9.90 Å². The minimum atomic E-state index is -1.13. The second kappa shape index (κ2) is 10.2. The van der Waals surface area contributed by atoms with Crippen molar-refractivity contribution in [3.8, 4) is 0 Å². The Morgan fingerprint density at radius 3 is 2.08 bits per heavy atom. The molecule has 0 spiro atoms. The van der Waals surface area contributed by atoms with Gasteiger partial charge in [0.2, 0.25) is 0 Å². The van der Waals surface area contributed by atoms with Gasteiger partial charge in [-0.05, 0) is 11.8 Å². The van der Waals surface area contributed by atoms with Gasteiger partial charge in [0.15, 0.2) is 0 Å². The molecule has 0 aliphatic rings. The van der Waals surface area contributed by atoms with Gasteiger partial charge in [-0.3, -0.25) is 0 Å². The van der Waals surface area contributed by atoms with Crippen molar-refractivity contribution in [2.75, 3.05) is 0 Å². The fourth-order valence-electron chi connectivity index (χ4n) is 0.387. The zero-order valence-electron chi connectivity index (χ0n) is 8.37. The normalized spacial score (nSPS) is 10.4. The number of aliphatic carboxylic acids is 1. The summed E-state index contributed by atoms with van der Waals surface area (Å²) >= 11 is 3.88. The number of hydrogen-bond acceptors (Lipinski definition) is 3. The van der Waals surface area contributed by atoms with E-state index < -0.39 is 31.6 Å².